The van der Waals surface area contributed by atoms with Crippen LogP contribution >= 0.6 is 11.6 Å². The van der Waals surface area contributed by atoms with Crippen molar-refractivity contribution < 1.29 is 9.18 Å². The SMILES string of the molecule is CC(C)n1ncnc1CC(=O)c1ccc(Cl)c(F)c1. The van der Waals surface area contributed by atoms with Gasteiger partial charge in [-0.1, -0.05) is 11.6 Å². The van der Waals surface area contributed by atoms with Gasteiger partial charge >= 0.3 is 0 Å². The summed E-state index contributed by atoms with van der Waals surface area (Å²) in [6.07, 6.45) is 1.49. The predicted octanol–water partition coefficient (Wildman–Crippen LogP) is 3.08. The standard InChI is InChI=1S/C13H13ClFN3O/c1-8(2)18-13(16-7-17-18)6-12(19)9-3-4-10(14)11(15)5-9/h3-5,7-8H,6H2,1-2H3. The molecule has 0 unspecified atom stereocenters. The van der Waals surface area contributed by atoms with Gasteiger partial charge in [0.1, 0.15) is 18.0 Å². The number of nitrogens with zero attached hydrogens (tertiary/aromatic N) is 3. The largest absolute Gasteiger partial charge is 0.294 e. The summed E-state index contributed by atoms with van der Waals surface area (Å²) in [6.45, 7) is 3.90. The van der Waals surface area contributed by atoms with E-state index < -0.39 is 5.82 Å². The van der Waals surface area contributed by atoms with Gasteiger partial charge in [-0.2, -0.15) is 5.10 Å². The van der Waals surface area contributed by atoms with E-state index in [-0.39, 0.29) is 28.8 Å². The molecule has 1 aromatic carbocycles. The van der Waals surface area contributed by atoms with E-state index in [1.165, 1.54) is 18.5 Å². The molecule has 0 aliphatic heterocycles. The van der Waals surface area contributed by atoms with Gasteiger partial charge in [-0.05, 0) is 32.0 Å². The summed E-state index contributed by atoms with van der Waals surface area (Å²) in [5.74, 6) is -0.251. The van der Waals surface area contributed by atoms with Crippen LogP contribution in [-0.2, 0) is 6.42 Å². The van der Waals surface area contributed by atoms with Crippen molar-refractivity contribution in [2.45, 2.75) is 26.3 Å². The normalized spacial score (nSPS) is 11.0. The Labute approximate surface area is 115 Å². The number of halogens is 2. The maximum atomic E-state index is 13.3. The lowest BCUT2D eigenvalue weighted by Gasteiger charge is -2.08. The van der Waals surface area contributed by atoms with Crippen molar-refractivity contribution in [2.24, 2.45) is 0 Å². The number of hydrogen-bond donors (Lipinski definition) is 0. The molecule has 0 spiro atoms. The Morgan fingerprint density at radius 2 is 2.21 bits per heavy atom. The van der Waals surface area contributed by atoms with Crippen LogP contribution in [0.25, 0.3) is 0 Å². The molecule has 0 aliphatic carbocycles. The minimum absolute atomic E-state index is 0.00176. The molecule has 2 rings (SSSR count). The van der Waals surface area contributed by atoms with Gasteiger partial charge in [0.05, 0.1) is 11.4 Å². The highest BCUT2D eigenvalue weighted by molar-refractivity contribution is 6.30. The molecule has 1 aromatic heterocycles. The van der Waals surface area contributed by atoms with Crippen LogP contribution in [0.3, 0.4) is 0 Å². The van der Waals surface area contributed by atoms with Crippen LogP contribution in [0, 0.1) is 5.82 Å². The van der Waals surface area contributed by atoms with Crippen molar-refractivity contribution >= 4 is 17.4 Å². The van der Waals surface area contributed by atoms with E-state index in [1.54, 1.807) is 4.68 Å². The summed E-state index contributed by atoms with van der Waals surface area (Å²) in [5.41, 5.74) is 0.278. The molecule has 100 valence electrons. The molecule has 0 amide bonds. The first-order valence-corrected chi connectivity index (χ1v) is 6.23. The molecule has 4 nitrogen and oxygen atoms in total. The molecule has 0 fully saturated rings. The fraction of sp³-hybridized carbons (Fsp3) is 0.308. The molecule has 0 radical (unpaired) electrons. The quantitative estimate of drug-likeness (QED) is 0.809. The number of aromatic nitrogens is 3. The summed E-state index contributed by atoms with van der Waals surface area (Å²) in [4.78, 5) is 16.1. The second kappa shape index (κ2) is 5.48. The number of ketones is 1. The highest BCUT2D eigenvalue weighted by atomic mass is 35.5. The van der Waals surface area contributed by atoms with E-state index in [2.05, 4.69) is 10.1 Å². The molecule has 0 bridgehead atoms. The second-order valence-electron chi connectivity index (χ2n) is 4.44. The minimum atomic E-state index is -0.599. The van der Waals surface area contributed by atoms with Gasteiger partial charge in [0.2, 0.25) is 0 Å². The summed E-state index contributed by atoms with van der Waals surface area (Å²) in [7, 11) is 0. The fourth-order valence-corrected chi connectivity index (χ4v) is 1.86. The van der Waals surface area contributed by atoms with E-state index in [0.29, 0.717) is 5.82 Å². The zero-order valence-electron chi connectivity index (χ0n) is 10.6. The summed E-state index contributed by atoms with van der Waals surface area (Å²) in [6, 6.07) is 4.13. The van der Waals surface area contributed by atoms with Crippen LogP contribution < -0.4 is 0 Å². The third-order valence-electron chi connectivity index (χ3n) is 2.70. The van der Waals surface area contributed by atoms with Crippen LogP contribution in [0.5, 0.6) is 0 Å². The Hall–Kier alpha value is -1.75. The molecule has 0 saturated carbocycles. The van der Waals surface area contributed by atoms with E-state index >= 15 is 0 Å². The van der Waals surface area contributed by atoms with E-state index in [9.17, 15) is 9.18 Å². The number of hydrogen-bond acceptors (Lipinski definition) is 3. The number of rotatable bonds is 4. The van der Waals surface area contributed by atoms with E-state index in [0.717, 1.165) is 6.07 Å². The molecular formula is C13H13ClFN3O. The number of benzene rings is 1. The molecule has 1 heterocycles. The number of carbonyl (C=O) groups excluding carboxylic acids is 1. The number of Topliss-reactive ketones (excluding diaryl/α,β-unsaturated/α-hetero) is 1. The minimum Gasteiger partial charge on any atom is -0.294 e. The van der Waals surface area contributed by atoms with Crippen LogP contribution in [0.4, 0.5) is 4.39 Å². The first-order chi connectivity index (χ1) is 8.99. The van der Waals surface area contributed by atoms with Crippen LogP contribution in [0.15, 0.2) is 24.5 Å². The van der Waals surface area contributed by atoms with Crippen molar-refractivity contribution in [3.05, 3.63) is 46.8 Å². The average molecular weight is 282 g/mol. The van der Waals surface area contributed by atoms with Gasteiger partial charge in [-0.25, -0.2) is 14.1 Å². The first-order valence-electron chi connectivity index (χ1n) is 5.85. The van der Waals surface area contributed by atoms with Crippen molar-refractivity contribution in [3.63, 3.8) is 0 Å². The molecular weight excluding hydrogens is 269 g/mol. The van der Waals surface area contributed by atoms with Gasteiger partial charge in [0.25, 0.3) is 0 Å². The Bertz CT molecular complexity index is 610. The van der Waals surface area contributed by atoms with Crippen LogP contribution in [-0.4, -0.2) is 20.5 Å². The van der Waals surface area contributed by atoms with Gasteiger partial charge in [-0.15, -0.1) is 0 Å². The zero-order chi connectivity index (χ0) is 14.0. The maximum Gasteiger partial charge on any atom is 0.170 e. The molecule has 0 aliphatic rings. The van der Waals surface area contributed by atoms with Crippen molar-refractivity contribution in [2.75, 3.05) is 0 Å². The Kier molecular flexibility index (Phi) is 3.95. The highest BCUT2D eigenvalue weighted by Crippen LogP contribution is 2.17. The van der Waals surface area contributed by atoms with Gasteiger partial charge in [0, 0.05) is 11.6 Å². The Morgan fingerprint density at radius 3 is 2.84 bits per heavy atom. The fourth-order valence-electron chi connectivity index (χ4n) is 1.75. The third kappa shape index (κ3) is 2.98. The monoisotopic (exact) mass is 281 g/mol. The topological polar surface area (TPSA) is 47.8 Å². The maximum absolute atomic E-state index is 13.3. The summed E-state index contributed by atoms with van der Waals surface area (Å²) in [5, 5.41) is 4.05. The highest BCUT2D eigenvalue weighted by Gasteiger charge is 2.15. The summed E-state index contributed by atoms with van der Waals surface area (Å²) < 4.78 is 15.0. The van der Waals surface area contributed by atoms with Crippen LogP contribution in [0.2, 0.25) is 5.02 Å². The van der Waals surface area contributed by atoms with Gasteiger partial charge in [-0.3, -0.25) is 4.79 Å². The molecule has 0 N–H and O–H groups in total. The lowest BCUT2D eigenvalue weighted by Crippen LogP contribution is -2.13. The first kappa shape index (κ1) is 13.7. The molecule has 0 atom stereocenters. The molecule has 0 saturated heterocycles. The van der Waals surface area contributed by atoms with Gasteiger partial charge < -0.3 is 0 Å². The third-order valence-corrected chi connectivity index (χ3v) is 3.00. The van der Waals surface area contributed by atoms with E-state index in [1.807, 2.05) is 13.8 Å². The Morgan fingerprint density at radius 1 is 1.47 bits per heavy atom. The molecule has 2 aromatic rings. The number of carbonyl (C=O) groups is 1. The second-order valence-corrected chi connectivity index (χ2v) is 4.85. The molecule has 6 heteroatoms. The van der Waals surface area contributed by atoms with Crippen molar-refractivity contribution in [1.29, 1.82) is 0 Å². The van der Waals surface area contributed by atoms with Crippen LogP contribution in [0.1, 0.15) is 36.1 Å². The summed E-state index contributed by atoms with van der Waals surface area (Å²) >= 11 is 5.58. The Balaban J connectivity index is 2.21. The van der Waals surface area contributed by atoms with Gasteiger partial charge in [0.15, 0.2) is 5.78 Å². The smallest absolute Gasteiger partial charge is 0.170 e. The lowest BCUT2D eigenvalue weighted by atomic mass is 10.1. The zero-order valence-corrected chi connectivity index (χ0v) is 11.4. The molecule has 19 heavy (non-hydrogen) atoms. The van der Waals surface area contributed by atoms with Crippen molar-refractivity contribution in [1.82, 2.24) is 14.8 Å². The van der Waals surface area contributed by atoms with E-state index in [4.69, 9.17) is 11.6 Å². The predicted molar refractivity (Wildman–Crippen MR) is 69.9 cm³/mol. The lowest BCUT2D eigenvalue weighted by molar-refractivity contribution is 0.0988. The van der Waals surface area contributed by atoms with Crippen molar-refractivity contribution in [3.8, 4) is 0 Å². The average Bonchev–Trinajstić information content (AvgIpc) is 2.80.